The maximum atomic E-state index is 14.9. The molecule has 1 aliphatic carbocycles. The maximum absolute atomic E-state index is 14.9. The predicted molar refractivity (Wildman–Crippen MR) is 501 cm³/mol. The molecule has 16 atom stereocenters. The summed E-state index contributed by atoms with van der Waals surface area (Å²) in [5.41, 5.74) is 20.4. The van der Waals surface area contributed by atoms with Crippen LogP contribution in [0.2, 0.25) is 0 Å². The maximum Gasteiger partial charge on any atom is 0.329 e. The number of ketones is 3. The number of allylic oxidation sites excluding steroid dienone is 6. The van der Waals surface area contributed by atoms with Crippen LogP contribution in [0.15, 0.2) is 126 Å². The first-order valence-electron chi connectivity index (χ1n) is 47.4. The highest BCUT2D eigenvalue weighted by atomic mass is 16.6. The minimum absolute atomic E-state index is 0.00899. The molecule has 8 aromatic rings. The lowest BCUT2D eigenvalue weighted by Crippen LogP contribution is -2.61. The summed E-state index contributed by atoms with van der Waals surface area (Å²) in [5, 5.41) is 71.9. The molecular formula is C97H133N19O19. The average Bonchev–Trinajstić information content (AvgIpc) is 1.76. The molecule has 1 saturated carbocycles. The van der Waals surface area contributed by atoms with Crippen molar-refractivity contribution in [1.82, 2.24) is 79.8 Å². The Morgan fingerprint density at radius 3 is 2.28 bits per heavy atom. The topological polar surface area (TPSA) is 488 Å². The van der Waals surface area contributed by atoms with E-state index in [1.807, 2.05) is 92.4 Å². The first-order chi connectivity index (χ1) is 65.2. The second-order valence-electron chi connectivity index (χ2n) is 36.5. The van der Waals surface area contributed by atoms with Crippen molar-refractivity contribution in [2.24, 2.45) is 35.5 Å². The number of aryl methyl sites for hydroxylation is 1. The summed E-state index contributed by atoms with van der Waals surface area (Å²) in [4.78, 5) is 113. The number of aliphatic hydroxyl groups excluding tert-OH is 3. The van der Waals surface area contributed by atoms with Gasteiger partial charge in [0.2, 0.25) is 17.6 Å². The molecule has 4 fully saturated rings. The van der Waals surface area contributed by atoms with Gasteiger partial charge in [-0.25, -0.2) is 38.8 Å². The number of hydrogen-bond donors (Lipinski definition) is 7. The molecule has 4 aliphatic heterocycles. The molecule has 13 rings (SSSR count). The number of rotatable bonds is 33. The minimum Gasteiger partial charge on any atom is -0.460 e. The Hall–Kier alpha value is -10.9. The van der Waals surface area contributed by atoms with Gasteiger partial charge < -0.3 is 89.3 Å². The van der Waals surface area contributed by atoms with E-state index in [1.165, 1.54) is 17.3 Å². The van der Waals surface area contributed by atoms with Gasteiger partial charge in [0.15, 0.2) is 17.0 Å². The largest absolute Gasteiger partial charge is 0.460 e. The monoisotopic (exact) mass is 1870 g/mol. The number of carbonyl (C=O) groups is 6. The van der Waals surface area contributed by atoms with Crippen LogP contribution in [0.25, 0.3) is 55.8 Å². The number of carbonyl (C=O) groups excluding carboxylic acids is 6. The number of aliphatic hydroxyl groups is 4. The lowest BCUT2D eigenvalue weighted by molar-refractivity contribution is -0.265. The fourth-order valence-corrected chi connectivity index (χ4v) is 18.8. The number of piperazine rings is 1. The van der Waals surface area contributed by atoms with Crippen molar-refractivity contribution in [1.29, 1.82) is 0 Å². The number of amides is 2. The summed E-state index contributed by atoms with van der Waals surface area (Å²) in [7, 11) is 3.23. The quantitative estimate of drug-likeness (QED) is 0.00876. The third-order valence-electron chi connectivity index (χ3n) is 26.7. The summed E-state index contributed by atoms with van der Waals surface area (Å²) < 4.78 is 58.6. The number of esters is 1. The van der Waals surface area contributed by atoms with E-state index in [4.69, 9.17) is 68.8 Å². The van der Waals surface area contributed by atoms with Crippen molar-refractivity contribution in [2.45, 2.75) is 225 Å². The van der Waals surface area contributed by atoms with Crippen molar-refractivity contribution in [3.05, 3.63) is 127 Å². The van der Waals surface area contributed by atoms with Gasteiger partial charge >= 0.3 is 5.97 Å². The van der Waals surface area contributed by atoms with Crippen molar-refractivity contribution in [3.8, 4) is 33.6 Å². The number of ether oxygens (including phenoxy) is 8. The van der Waals surface area contributed by atoms with Crippen LogP contribution in [-0.2, 0) is 86.3 Å². The van der Waals surface area contributed by atoms with Gasteiger partial charge in [-0.15, -0.1) is 10.2 Å². The Balaban J connectivity index is 0.537. The number of aromatic nitrogens is 13. The van der Waals surface area contributed by atoms with Gasteiger partial charge in [-0.05, 0) is 150 Å². The molecule has 0 spiro atoms. The molecule has 9 N–H and O–H groups in total. The molecule has 10 heterocycles. The molecule has 2 aromatic carbocycles. The molecule has 6 aromatic heterocycles. The number of nitrogens with zero attached hydrogens (tertiary/aromatic N) is 16. The number of unbranched alkanes of at least 4 members (excludes halogenated alkanes) is 1. The number of benzene rings is 2. The van der Waals surface area contributed by atoms with Gasteiger partial charge in [-0.1, -0.05) is 99.7 Å². The zero-order chi connectivity index (χ0) is 95.8. The lowest BCUT2D eigenvalue weighted by Gasteiger charge is -2.42. The predicted octanol–water partition coefficient (Wildman–Crippen LogP) is 8.56. The van der Waals surface area contributed by atoms with Crippen LogP contribution in [0, 0.1) is 35.5 Å². The fourth-order valence-electron chi connectivity index (χ4n) is 18.8. The zero-order valence-corrected chi connectivity index (χ0v) is 78.9. The van der Waals surface area contributed by atoms with Gasteiger partial charge in [-0.3, -0.25) is 28.9 Å². The Morgan fingerprint density at radius 1 is 0.756 bits per heavy atom. The van der Waals surface area contributed by atoms with E-state index in [2.05, 4.69) is 56.8 Å². The molecule has 38 nitrogen and oxygen atoms in total. The minimum atomic E-state index is -2.49. The molecule has 3 saturated heterocycles. The van der Waals surface area contributed by atoms with E-state index in [1.54, 1.807) is 75.9 Å². The number of Topliss-reactive ketones (excluding diaryl/α,β-unsaturated/α-hetero) is 3. The summed E-state index contributed by atoms with van der Waals surface area (Å²) in [5.74, 6) is -8.40. The molecule has 2 amide bonds. The summed E-state index contributed by atoms with van der Waals surface area (Å²) >= 11 is 0. The highest BCUT2D eigenvalue weighted by Crippen LogP contribution is 2.43. The third-order valence-corrected chi connectivity index (χ3v) is 26.7. The lowest BCUT2D eigenvalue weighted by atomic mass is 9.77. The van der Waals surface area contributed by atoms with Crippen LogP contribution < -0.4 is 21.7 Å². The van der Waals surface area contributed by atoms with Crippen LogP contribution in [0.1, 0.15) is 157 Å². The summed E-state index contributed by atoms with van der Waals surface area (Å²) in [6, 6.07) is 11.9. The second-order valence-corrected chi connectivity index (χ2v) is 36.5. The van der Waals surface area contributed by atoms with Crippen molar-refractivity contribution >= 4 is 75.0 Å². The highest BCUT2D eigenvalue weighted by molar-refractivity contribution is 6.39. The van der Waals surface area contributed by atoms with Gasteiger partial charge in [0.25, 0.3) is 17.7 Å². The summed E-state index contributed by atoms with van der Waals surface area (Å²) in [6.45, 7) is 19.0. The molecular weight excluding hydrogens is 1740 g/mol. The van der Waals surface area contributed by atoms with Crippen LogP contribution in [0.5, 0.6) is 0 Å². The van der Waals surface area contributed by atoms with E-state index in [0.29, 0.717) is 189 Å². The first kappa shape index (κ1) is 102. The van der Waals surface area contributed by atoms with Gasteiger partial charge in [0.1, 0.15) is 53.5 Å². The Morgan fingerprint density at radius 2 is 1.52 bits per heavy atom. The Kier molecular flexibility index (Phi) is 36.7. The molecule has 0 radical (unpaired) electrons. The number of fused-ring (bicyclic) bond motifs is 5. The number of cyclic esters (lactones) is 1. The van der Waals surface area contributed by atoms with Crippen molar-refractivity contribution in [3.63, 3.8) is 0 Å². The van der Waals surface area contributed by atoms with Gasteiger partial charge in [-0.2, -0.15) is 10.1 Å². The smallest absolute Gasteiger partial charge is 0.329 e. The van der Waals surface area contributed by atoms with Crippen LogP contribution in [-0.4, -0.2) is 291 Å². The molecule has 730 valence electrons. The van der Waals surface area contributed by atoms with Crippen molar-refractivity contribution < 1.29 is 91.5 Å². The van der Waals surface area contributed by atoms with Crippen LogP contribution >= 0.6 is 0 Å². The molecule has 2 unspecified atom stereocenters. The Labute approximate surface area is 786 Å². The number of hydrogen-bond acceptors (Lipinski definition) is 33. The number of nitrogen functional groups attached to an aromatic ring is 2. The summed E-state index contributed by atoms with van der Waals surface area (Å²) in [6.07, 6.45) is 20.2. The van der Waals surface area contributed by atoms with E-state index < -0.39 is 89.5 Å². The normalized spacial score (nSPS) is 26.4. The number of anilines is 3. The molecule has 5 aliphatic rings. The Bertz CT molecular complexity index is 5400. The first-order valence-corrected chi connectivity index (χ1v) is 47.4. The molecule has 2 bridgehead atoms. The number of nitrogens with one attached hydrogen (secondary N) is 1. The third kappa shape index (κ3) is 26.5. The number of nitrogens with two attached hydrogens (primary N) is 2. The molecule has 135 heavy (non-hydrogen) atoms. The number of piperidine rings is 1. The standard InChI is InChI=1S/C97H133N19O19/c1-60-18-11-10-12-19-61(2)81(127-8)50-74-26-23-66(7)97(126,135-74)90(123)93(124)114-31-15-13-22-77(114)94(125)133-82(51-79(118)62(3)45-65(6)88(121)89(122)87(120)64(5)44-60)63(4)46-67-24-27-76(83(47-67)128-9)116-78(54-105-109-116)69-21-17-20-68(48-69)71-52-101-96(102-53-71)112-34-33-111(73(57-112)58-117)55-72-56-113(110-107-72)35-37-130-39-41-132-43-42-131-40-38-129-36-29-84(119)100-30-14-16-32-115-92-85(91(98)103-59-104-92)86(108-115)70-25-28-80-75(49-70)106-95(99)134-80/h10-12,17-21,25,28,45,48-49,52-54,56,59-60,62-64,66-67,73-74,76-77,81-83,88-89,117,121-122,126H,13-16,22-24,26-27,29-44,46-47,50-51,55,57-58H2,1-9H3,(H2,99,106)(H,100,119)(H2,98,103,104)/b12-10?,18-11+,61-19?,65-45+/t60-,62-,63-,64-,66-,67+,73?,74+,76+,77+,81+,82?,83-,88-,89+,97-/m1/s1. The van der Waals surface area contributed by atoms with E-state index in [9.17, 15) is 49.2 Å². The fraction of sp³-hybridized carbons (Fsp3) is 0.588. The number of oxazole rings is 1. The van der Waals surface area contributed by atoms with Crippen molar-refractivity contribution in [2.75, 3.05) is 123 Å². The average molecular weight is 1870 g/mol. The second kappa shape index (κ2) is 48.7. The zero-order valence-electron chi connectivity index (χ0n) is 78.9. The van der Waals surface area contributed by atoms with Gasteiger partial charge in [0.05, 0.1) is 119 Å². The SMILES string of the molecule is CO[C@H]1C[C@@H]2CC[C@@H](C)[C@@](O)(O2)C(=O)C(=O)N2CCCC[C@H]2C(=O)OC([C@H](C)C[C@@H]2CC[C@H](n3nncc3-c3cccc(-c4cnc(N5CCN(Cc6cn(CCOCCOCCOCCOCCC(=O)NCCCCn7nc(-c8ccc9oc(N)nc9c8)c8c(N)ncnc87)nn6)C(CO)C5)nc4)c3)[C@H](OC)C2)CC(=O)[C@H](C)/C=C(\C)[C@@H](O)[C@@H](O)C(=O)[C@H](C)C[C@H](C)/C=C/C=CC=C1C. The van der Waals surface area contributed by atoms with E-state index >= 15 is 0 Å². The molecule has 38 heteroatoms. The van der Waals surface area contributed by atoms with E-state index in [0.717, 1.165) is 52.1 Å². The number of methoxy groups -OCH3 is 2. The van der Waals surface area contributed by atoms with Crippen LogP contribution in [0.3, 0.4) is 0 Å². The van der Waals surface area contributed by atoms with Gasteiger partial charge in [0, 0.05) is 132 Å². The van der Waals surface area contributed by atoms with Crippen LogP contribution in [0.4, 0.5) is 17.8 Å². The van der Waals surface area contributed by atoms with E-state index in [-0.39, 0.29) is 98.7 Å². The highest BCUT2D eigenvalue weighted by Gasteiger charge is 2.53.